The van der Waals surface area contributed by atoms with E-state index in [-0.39, 0.29) is 17.8 Å². The van der Waals surface area contributed by atoms with Crippen LogP contribution >= 0.6 is 0 Å². The van der Waals surface area contributed by atoms with Gasteiger partial charge in [-0.25, -0.2) is 9.67 Å². The highest BCUT2D eigenvalue weighted by atomic mass is 16.2. The first kappa shape index (κ1) is 14.7. The molecule has 0 radical (unpaired) electrons. The molecule has 1 aromatic heterocycles. The van der Waals surface area contributed by atoms with Gasteiger partial charge in [-0.1, -0.05) is 18.2 Å². The number of aromatic nitrogens is 3. The lowest BCUT2D eigenvalue weighted by atomic mass is 10.1. The summed E-state index contributed by atoms with van der Waals surface area (Å²) in [6.45, 7) is 4.03. The van der Waals surface area contributed by atoms with Crippen LogP contribution in [0, 0.1) is 6.92 Å². The summed E-state index contributed by atoms with van der Waals surface area (Å²) in [5.74, 6) is 0.0315. The quantitative estimate of drug-likeness (QED) is 0.930. The van der Waals surface area contributed by atoms with Crippen LogP contribution in [0.2, 0.25) is 0 Å². The highest BCUT2D eigenvalue weighted by Crippen LogP contribution is 2.12. The summed E-state index contributed by atoms with van der Waals surface area (Å²) in [5, 5.41) is 7.34. The number of hydrogen-bond donors (Lipinski definition) is 1. The van der Waals surface area contributed by atoms with Crippen LogP contribution in [-0.2, 0) is 0 Å². The second-order valence-corrected chi connectivity index (χ2v) is 5.85. The van der Waals surface area contributed by atoms with Gasteiger partial charge in [-0.3, -0.25) is 4.79 Å². The first-order chi connectivity index (χ1) is 10.6. The minimum Gasteiger partial charge on any atom is -0.346 e. The molecule has 22 heavy (non-hydrogen) atoms. The van der Waals surface area contributed by atoms with Crippen molar-refractivity contribution in [3.8, 4) is 5.69 Å². The van der Waals surface area contributed by atoms with Crippen molar-refractivity contribution in [3.63, 3.8) is 0 Å². The maximum atomic E-state index is 12.3. The van der Waals surface area contributed by atoms with Crippen LogP contribution in [0.3, 0.4) is 0 Å². The SMILES string of the molecule is Cc1ccccc1-n1cnc(C(=O)NC2CCN(C)CC2)n1. The van der Waals surface area contributed by atoms with Crippen molar-refractivity contribution in [2.45, 2.75) is 25.8 Å². The lowest BCUT2D eigenvalue weighted by Crippen LogP contribution is -2.43. The molecule has 3 rings (SSSR count). The van der Waals surface area contributed by atoms with E-state index >= 15 is 0 Å². The second-order valence-electron chi connectivity index (χ2n) is 5.85. The molecule has 1 fully saturated rings. The predicted octanol–water partition coefficient (Wildman–Crippen LogP) is 1.40. The lowest BCUT2D eigenvalue weighted by Gasteiger charge is -2.29. The van der Waals surface area contributed by atoms with E-state index < -0.39 is 0 Å². The van der Waals surface area contributed by atoms with Crippen molar-refractivity contribution in [1.82, 2.24) is 25.0 Å². The number of likely N-dealkylation sites (tertiary alicyclic amines) is 1. The van der Waals surface area contributed by atoms with E-state index in [1.165, 1.54) is 0 Å². The minimum atomic E-state index is -0.193. The molecule has 6 nitrogen and oxygen atoms in total. The van der Waals surface area contributed by atoms with E-state index in [0.717, 1.165) is 37.2 Å². The molecule has 0 bridgehead atoms. The van der Waals surface area contributed by atoms with Gasteiger partial charge in [-0.2, -0.15) is 0 Å². The van der Waals surface area contributed by atoms with Gasteiger partial charge in [0.2, 0.25) is 5.82 Å². The fourth-order valence-corrected chi connectivity index (χ4v) is 2.71. The number of carbonyl (C=O) groups excluding carboxylic acids is 1. The molecule has 0 unspecified atom stereocenters. The van der Waals surface area contributed by atoms with Gasteiger partial charge in [0.05, 0.1) is 5.69 Å². The van der Waals surface area contributed by atoms with Crippen molar-refractivity contribution >= 4 is 5.91 Å². The third kappa shape index (κ3) is 3.17. The largest absolute Gasteiger partial charge is 0.346 e. The van der Waals surface area contributed by atoms with E-state index in [2.05, 4.69) is 27.3 Å². The molecule has 6 heteroatoms. The van der Waals surface area contributed by atoms with Crippen LogP contribution in [0.4, 0.5) is 0 Å². The van der Waals surface area contributed by atoms with Crippen LogP contribution < -0.4 is 5.32 Å². The highest BCUT2D eigenvalue weighted by molar-refractivity contribution is 5.90. The average Bonchev–Trinajstić information content (AvgIpc) is 3.00. The summed E-state index contributed by atoms with van der Waals surface area (Å²) in [7, 11) is 2.10. The number of benzene rings is 1. The van der Waals surface area contributed by atoms with Crippen molar-refractivity contribution in [3.05, 3.63) is 42.0 Å². The number of aryl methyl sites for hydroxylation is 1. The summed E-state index contributed by atoms with van der Waals surface area (Å²) in [4.78, 5) is 18.7. The third-order valence-corrected chi connectivity index (χ3v) is 4.11. The predicted molar refractivity (Wildman–Crippen MR) is 84.1 cm³/mol. The number of carbonyl (C=O) groups is 1. The zero-order valence-electron chi connectivity index (χ0n) is 13.0. The topological polar surface area (TPSA) is 63.1 Å². The number of para-hydroxylation sites is 1. The Morgan fingerprint density at radius 1 is 1.27 bits per heavy atom. The fourth-order valence-electron chi connectivity index (χ4n) is 2.71. The van der Waals surface area contributed by atoms with Gasteiger partial charge < -0.3 is 10.2 Å². The Labute approximate surface area is 130 Å². The molecule has 2 heterocycles. The maximum absolute atomic E-state index is 12.3. The number of nitrogens with zero attached hydrogens (tertiary/aromatic N) is 4. The number of amides is 1. The van der Waals surface area contributed by atoms with Gasteiger partial charge >= 0.3 is 0 Å². The first-order valence-corrected chi connectivity index (χ1v) is 7.60. The van der Waals surface area contributed by atoms with E-state index in [1.54, 1.807) is 11.0 Å². The van der Waals surface area contributed by atoms with Gasteiger partial charge in [0.15, 0.2) is 0 Å². The van der Waals surface area contributed by atoms with Gasteiger partial charge in [0.1, 0.15) is 6.33 Å². The van der Waals surface area contributed by atoms with Crippen LogP contribution in [0.5, 0.6) is 0 Å². The molecule has 2 aromatic rings. The smallest absolute Gasteiger partial charge is 0.291 e. The number of hydrogen-bond acceptors (Lipinski definition) is 4. The molecule has 0 aliphatic carbocycles. The molecule has 1 N–H and O–H groups in total. The third-order valence-electron chi connectivity index (χ3n) is 4.11. The Kier molecular flexibility index (Phi) is 4.20. The number of rotatable bonds is 3. The zero-order valence-corrected chi connectivity index (χ0v) is 13.0. The Hall–Kier alpha value is -2.21. The standard InChI is InChI=1S/C16H21N5O/c1-12-5-3-4-6-14(12)21-11-17-15(19-21)16(22)18-13-7-9-20(2)10-8-13/h3-6,11,13H,7-10H2,1-2H3,(H,18,22). The molecule has 1 amide bonds. The van der Waals surface area contributed by atoms with Crippen molar-refractivity contribution in [2.24, 2.45) is 0 Å². The Morgan fingerprint density at radius 3 is 2.73 bits per heavy atom. The molecule has 1 aliphatic heterocycles. The Bertz CT molecular complexity index is 658. The van der Waals surface area contributed by atoms with Crippen LogP contribution in [0.1, 0.15) is 29.0 Å². The molecular formula is C16H21N5O. The Balaban J connectivity index is 1.68. The lowest BCUT2D eigenvalue weighted by molar-refractivity contribution is 0.0906. The average molecular weight is 299 g/mol. The highest BCUT2D eigenvalue weighted by Gasteiger charge is 2.21. The zero-order chi connectivity index (χ0) is 15.5. The monoisotopic (exact) mass is 299 g/mol. The van der Waals surface area contributed by atoms with Crippen molar-refractivity contribution < 1.29 is 4.79 Å². The molecule has 116 valence electrons. The van der Waals surface area contributed by atoms with Crippen molar-refractivity contribution in [1.29, 1.82) is 0 Å². The summed E-state index contributed by atoms with van der Waals surface area (Å²) in [6, 6.07) is 8.11. The van der Waals surface area contributed by atoms with Crippen LogP contribution in [-0.4, -0.2) is 51.8 Å². The second kappa shape index (κ2) is 6.27. The van der Waals surface area contributed by atoms with Gasteiger partial charge in [0, 0.05) is 6.04 Å². The first-order valence-electron chi connectivity index (χ1n) is 7.60. The molecule has 1 saturated heterocycles. The van der Waals surface area contributed by atoms with Gasteiger partial charge in [0.25, 0.3) is 5.91 Å². The summed E-state index contributed by atoms with van der Waals surface area (Å²) < 4.78 is 1.65. The van der Waals surface area contributed by atoms with Crippen LogP contribution in [0.15, 0.2) is 30.6 Å². The summed E-state index contributed by atoms with van der Waals surface area (Å²) in [5.41, 5.74) is 2.03. The van der Waals surface area contributed by atoms with Crippen LogP contribution in [0.25, 0.3) is 5.69 Å². The van der Waals surface area contributed by atoms with E-state index in [0.29, 0.717) is 0 Å². The normalized spacial score (nSPS) is 16.6. The molecule has 0 spiro atoms. The van der Waals surface area contributed by atoms with E-state index in [4.69, 9.17) is 0 Å². The molecule has 0 atom stereocenters. The van der Waals surface area contributed by atoms with Gasteiger partial charge in [-0.05, 0) is 51.5 Å². The molecule has 1 aliphatic rings. The van der Waals surface area contributed by atoms with Gasteiger partial charge in [-0.15, -0.1) is 5.10 Å². The fraction of sp³-hybridized carbons (Fsp3) is 0.438. The number of nitrogens with one attached hydrogen (secondary N) is 1. The molecule has 0 saturated carbocycles. The summed E-state index contributed by atoms with van der Waals surface area (Å²) >= 11 is 0. The molecular weight excluding hydrogens is 278 g/mol. The molecule has 1 aromatic carbocycles. The summed E-state index contributed by atoms with van der Waals surface area (Å²) in [6.07, 6.45) is 3.54. The minimum absolute atomic E-state index is 0.193. The Morgan fingerprint density at radius 2 is 2.00 bits per heavy atom. The number of piperidine rings is 1. The van der Waals surface area contributed by atoms with Crippen molar-refractivity contribution in [2.75, 3.05) is 20.1 Å². The maximum Gasteiger partial charge on any atom is 0.291 e. The van der Waals surface area contributed by atoms with E-state index in [1.807, 2.05) is 31.2 Å². The van der Waals surface area contributed by atoms with E-state index in [9.17, 15) is 4.79 Å².